The molecule has 1 nitrogen and oxygen atoms in total. The highest BCUT2D eigenvalue weighted by atomic mass is 32.1. The van der Waals surface area contributed by atoms with Crippen LogP contribution in [-0.2, 0) is 6.54 Å². The van der Waals surface area contributed by atoms with E-state index in [9.17, 15) is 0 Å². The molecule has 3 aromatic carbocycles. The van der Waals surface area contributed by atoms with Crippen molar-refractivity contribution in [3.8, 4) is 11.1 Å². The SMILES string of the molecule is NCc1ccc(S)cc1.c1ccc(-c2ccccc2)cc1. The summed E-state index contributed by atoms with van der Waals surface area (Å²) >= 11 is 4.13. The van der Waals surface area contributed by atoms with Crippen LogP contribution in [0.25, 0.3) is 11.1 Å². The zero-order valence-corrected chi connectivity index (χ0v) is 12.7. The first-order valence-corrected chi connectivity index (χ1v) is 7.33. The number of thiol groups is 1. The van der Waals surface area contributed by atoms with Gasteiger partial charge in [-0.2, -0.15) is 0 Å². The molecule has 0 unspecified atom stereocenters. The van der Waals surface area contributed by atoms with Crippen LogP contribution in [0.1, 0.15) is 5.56 Å². The lowest BCUT2D eigenvalue weighted by Crippen LogP contribution is -1.94. The molecular weight excluding hydrogens is 274 g/mol. The smallest absolute Gasteiger partial charge is 0.0178 e. The van der Waals surface area contributed by atoms with Gasteiger partial charge >= 0.3 is 0 Å². The first-order valence-electron chi connectivity index (χ1n) is 6.88. The van der Waals surface area contributed by atoms with Gasteiger partial charge in [0, 0.05) is 11.4 Å². The second-order valence-corrected chi connectivity index (χ2v) is 5.12. The van der Waals surface area contributed by atoms with Crippen molar-refractivity contribution in [2.45, 2.75) is 11.4 Å². The fraction of sp³-hybridized carbons (Fsp3) is 0.0526. The van der Waals surface area contributed by atoms with Gasteiger partial charge in [0.15, 0.2) is 0 Å². The molecule has 0 aromatic heterocycles. The van der Waals surface area contributed by atoms with E-state index in [0.29, 0.717) is 6.54 Å². The maximum absolute atomic E-state index is 5.37. The normalized spacial score (nSPS) is 9.62. The number of hydrogen-bond donors (Lipinski definition) is 2. The molecule has 106 valence electrons. The second-order valence-electron chi connectivity index (χ2n) is 4.60. The molecule has 0 aliphatic rings. The Morgan fingerprint density at radius 2 is 1.05 bits per heavy atom. The van der Waals surface area contributed by atoms with Crippen LogP contribution in [0.3, 0.4) is 0 Å². The first kappa shape index (κ1) is 15.4. The van der Waals surface area contributed by atoms with Gasteiger partial charge in [0.05, 0.1) is 0 Å². The highest BCUT2D eigenvalue weighted by Gasteiger charge is 1.91. The highest BCUT2D eigenvalue weighted by molar-refractivity contribution is 7.80. The summed E-state index contributed by atoms with van der Waals surface area (Å²) in [6.07, 6.45) is 0. The Kier molecular flexibility index (Phi) is 6.07. The monoisotopic (exact) mass is 293 g/mol. The fourth-order valence-corrected chi connectivity index (χ4v) is 2.04. The van der Waals surface area contributed by atoms with Crippen LogP contribution in [0.4, 0.5) is 0 Å². The molecule has 0 saturated heterocycles. The van der Waals surface area contributed by atoms with Crippen molar-refractivity contribution in [3.05, 3.63) is 90.5 Å². The van der Waals surface area contributed by atoms with Gasteiger partial charge in [-0.15, -0.1) is 12.6 Å². The summed E-state index contributed by atoms with van der Waals surface area (Å²) in [5.41, 5.74) is 9.07. The maximum atomic E-state index is 5.37. The van der Waals surface area contributed by atoms with E-state index in [1.165, 1.54) is 11.1 Å². The summed E-state index contributed by atoms with van der Waals surface area (Å²) in [6.45, 7) is 0.605. The largest absolute Gasteiger partial charge is 0.326 e. The molecule has 0 aliphatic carbocycles. The molecule has 0 bridgehead atoms. The van der Waals surface area contributed by atoms with E-state index < -0.39 is 0 Å². The molecule has 0 heterocycles. The lowest BCUT2D eigenvalue weighted by molar-refractivity contribution is 1.07. The van der Waals surface area contributed by atoms with Crippen molar-refractivity contribution in [1.29, 1.82) is 0 Å². The molecule has 0 aliphatic heterocycles. The first-order chi connectivity index (χ1) is 10.3. The van der Waals surface area contributed by atoms with Crippen molar-refractivity contribution in [1.82, 2.24) is 0 Å². The fourth-order valence-electron chi connectivity index (χ4n) is 1.89. The predicted molar refractivity (Wildman–Crippen MR) is 93.5 cm³/mol. The van der Waals surface area contributed by atoms with E-state index in [1.54, 1.807) is 0 Å². The van der Waals surface area contributed by atoms with E-state index in [-0.39, 0.29) is 0 Å². The minimum atomic E-state index is 0.605. The Morgan fingerprint density at radius 1 is 0.619 bits per heavy atom. The third-order valence-corrected chi connectivity index (χ3v) is 3.35. The summed E-state index contributed by atoms with van der Waals surface area (Å²) < 4.78 is 0. The van der Waals surface area contributed by atoms with E-state index in [0.717, 1.165) is 10.5 Å². The summed E-state index contributed by atoms with van der Waals surface area (Å²) in [6, 6.07) is 28.6. The quantitative estimate of drug-likeness (QED) is 0.653. The van der Waals surface area contributed by atoms with E-state index in [4.69, 9.17) is 5.73 Å². The molecular formula is C19H19NS. The summed E-state index contributed by atoms with van der Waals surface area (Å²) in [4.78, 5) is 0.979. The number of benzene rings is 3. The van der Waals surface area contributed by atoms with Crippen molar-refractivity contribution in [3.63, 3.8) is 0 Å². The highest BCUT2D eigenvalue weighted by Crippen LogP contribution is 2.17. The average Bonchev–Trinajstić information content (AvgIpc) is 2.58. The molecule has 0 atom stereocenters. The molecule has 0 spiro atoms. The molecule has 0 radical (unpaired) electrons. The Labute approximate surface area is 131 Å². The Balaban J connectivity index is 0.000000161. The number of rotatable bonds is 2. The van der Waals surface area contributed by atoms with Crippen LogP contribution < -0.4 is 5.73 Å². The molecule has 21 heavy (non-hydrogen) atoms. The summed E-state index contributed by atoms with van der Waals surface area (Å²) in [5, 5.41) is 0. The number of nitrogens with two attached hydrogens (primary N) is 1. The molecule has 0 saturated carbocycles. The Hall–Kier alpha value is -2.03. The zero-order valence-electron chi connectivity index (χ0n) is 11.8. The van der Waals surface area contributed by atoms with Crippen molar-refractivity contribution in [2.24, 2.45) is 5.73 Å². The van der Waals surface area contributed by atoms with Crippen LogP contribution in [0.2, 0.25) is 0 Å². The van der Waals surface area contributed by atoms with Crippen LogP contribution in [0.15, 0.2) is 89.8 Å². The van der Waals surface area contributed by atoms with Crippen molar-refractivity contribution >= 4 is 12.6 Å². The summed E-state index contributed by atoms with van der Waals surface area (Å²) in [7, 11) is 0. The van der Waals surface area contributed by atoms with Gasteiger partial charge in [-0.25, -0.2) is 0 Å². The third-order valence-electron chi connectivity index (χ3n) is 3.05. The number of hydrogen-bond acceptors (Lipinski definition) is 2. The zero-order chi connectivity index (χ0) is 14.9. The van der Waals surface area contributed by atoms with Gasteiger partial charge in [-0.1, -0.05) is 72.8 Å². The lowest BCUT2D eigenvalue weighted by atomic mass is 10.1. The Morgan fingerprint density at radius 3 is 1.43 bits per heavy atom. The average molecular weight is 293 g/mol. The minimum absolute atomic E-state index is 0.605. The maximum Gasteiger partial charge on any atom is 0.0178 e. The van der Waals surface area contributed by atoms with Crippen molar-refractivity contribution in [2.75, 3.05) is 0 Å². The predicted octanol–water partition coefficient (Wildman–Crippen LogP) is 4.79. The van der Waals surface area contributed by atoms with Gasteiger partial charge < -0.3 is 5.73 Å². The van der Waals surface area contributed by atoms with Crippen LogP contribution in [-0.4, -0.2) is 0 Å². The van der Waals surface area contributed by atoms with Crippen LogP contribution in [0, 0.1) is 0 Å². The van der Waals surface area contributed by atoms with Gasteiger partial charge in [0.1, 0.15) is 0 Å². The molecule has 2 heteroatoms. The third kappa shape index (κ3) is 5.10. The van der Waals surface area contributed by atoms with Crippen LogP contribution >= 0.6 is 12.6 Å². The van der Waals surface area contributed by atoms with E-state index >= 15 is 0 Å². The molecule has 3 aromatic rings. The van der Waals surface area contributed by atoms with Gasteiger partial charge in [-0.3, -0.25) is 0 Å². The van der Waals surface area contributed by atoms with Gasteiger partial charge in [0.2, 0.25) is 0 Å². The van der Waals surface area contributed by atoms with Gasteiger partial charge in [0.25, 0.3) is 0 Å². The molecule has 2 N–H and O–H groups in total. The minimum Gasteiger partial charge on any atom is -0.326 e. The van der Waals surface area contributed by atoms with Crippen LogP contribution in [0.5, 0.6) is 0 Å². The molecule has 3 rings (SSSR count). The lowest BCUT2D eigenvalue weighted by Gasteiger charge is -1.98. The molecule has 0 amide bonds. The standard InChI is InChI=1S/C12H10.C7H9NS/c1-3-7-11(8-4-1)12-9-5-2-6-10-12;8-5-6-1-3-7(9)4-2-6/h1-10H;1-4,9H,5,8H2. The van der Waals surface area contributed by atoms with Crippen molar-refractivity contribution < 1.29 is 0 Å². The van der Waals surface area contributed by atoms with Gasteiger partial charge in [-0.05, 0) is 28.8 Å². The molecule has 0 fully saturated rings. The topological polar surface area (TPSA) is 26.0 Å². The van der Waals surface area contributed by atoms with E-state index in [2.05, 4.69) is 61.2 Å². The Bertz CT molecular complexity index is 596. The second kappa shape index (κ2) is 8.30. The summed E-state index contributed by atoms with van der Waals surface area (Å²) in [5.74, 6) is 0. The van der Waals surface area contributed by atoms with E-state index in [1.807, 2.05) is 36.4 Å².